The van der Waals surface area contributed by atoms with Gasteiger partial charge in [0.1, 0.15) is 23.9 Å². The van der Waals surface area contributed by atoms with Crippen LogP contribution in [0.1, 0.15) is 22.0 Å². The number of fused-ring (bicyclic) bond motifs is 1. The average molecular weight is 399 g/mol. The number of pyridine rings is 1. The van der Waals surface area contributed by atoms with Crippen molar-refractivity contribution in [3.63, 3.8) is 0 Å². The van der Waals surface area contributed by atoms with Crippen molar-refractivity contribution in [1.29, 1.82) is 0 Å². The lowest BCUT2D eigenvalue weighted by Gasteiger charge is -2.18. The number of hydrogen-bond acceptors (Lipinski definition) is 6. The molecule has 1 aliphatic heterocycles. The van der Waals surface area contributed by atoms with Gasteiger partial charge in [0.2, 0.25) is 5.88 Å². The molecule has 0 aliphatic carbocycles. The Bertz CT molecular complexity index is 991. The Kier molecular flexibility index (Phi) is 5.21. The number of halogens is 1. The van der Waals surface area contributed by atoms with Gasteiger partial charge in [-0.15, -0.1) is 11.3 Å². The van der Waals surface area contributed by atoms with Crippen molar-refractivity contribution in [2.45, 2.75) is 26.6 Å². The number of amides is 1. The second-order valence-corrected chi connectivity index (χ2v) is 7.47. The average Bonchev–Trinajstić information content (AvgIpc) is 3.03. The molecular weight excluding hydrogens is 381 g/mol. The summed E-state index contributed by atoms with van der Waals surface area (Å²) in [6, 6.07) is 9.57. The lowest BCUT2D eigenvalue weighted by atomic mass is 10.2. The highest BCUT2D eigenvalue weighted by Crippen LogP contribution is 2.26. The third kappa shape index (κ3) is 4.28. The van der Waals surface area contributed by atoms with E-state index in [9.17, 15) is 9.18 Å². The van der Waals surface area contributed by atoms with Crippen LogP contribution >= 0.6 is 11.3 Å². The normalized spacial score (nSPS) is 13.6. The molecule has 0 N–H and O–H groups in total. The Labute approximate surface area is 165 Å². The summed E-state index contributed by atoms with van der Waals surface area (Å²) in [6.07, 6.45) is 0. The van der Waals surface area contributed by atoms with Crippen LogP contribution in [-0.4, -0.2) is 27.4 Å². The van der Waals surface area contributed by atoms with Gasteiger partial charge in [0, 0.05) is 11.4 Å². The van der Waals surface area contributed by atoms with E-state index in [2.05, 4.69) is 9.97 Å². The number of carbonyl (C=O) groups is 1. The molecule has 144 valence electrons. The Balaban J connectivity index is 1.48. The van der Waals surface area contributed by atoms with E-state index in [1.807, 2.05) is 12.3 Å². The molecule has 0 fully saturated rings. The SMILES string of the molecule is Cc1nc(CN2Cc3nc(OCc4ccc(F)cc4)ccc3OCC2=O)cs1. The van der Waals surface area contributed by atoms with Gasteiger partial charge in [0.15, 0.2) is 6.61 Å². The van der Waals surface area contributed by atoms with Gasteiger partial charge in [-0.25, -0.2) is 14.4 Å². The number of hydrogen-bond donors (Lipinski definition) is 0. The highest BCUT2D eigenvalue weighted by atomic mass is 32.1. The molecule has 1 aromatic carbocycles. The standard InChI is InChI=1S/C20H18FN3O3S/c1-13-22-16(12-28-13)8-24-9-17-18(26-11-20(24)25)6-7-19(23-17)27-10-14-2-4-15(21)5-3-14/h2-7,12H,8-11H2,1H3. The number of aryl methyl sites for hydroxylation is 1. The zero-order valence-corrected chi connectivity index (χ0v) is 16.0. The van der Waals surface area contributed by atoms with Crippen molar-refractivity contribution in [1.82, 2.24) is 14.9 Å². The zero-order valence-electron chi connectivity index (χ0n) is 15.2. The fraction of sp³-hybridized carbons (Fsp3) is 0.250. The molecule has 0 unspecified atom stereocenters. The maximum absolute atomic E-state index is 13.0. The van der Waals surface area contributed by atoms with Crippen LogP contribution in [0.3, 0.4) is 0 Å². The molecule has 0 spiro atoms. The third-order valence-corrected chi connectivity index (χ3v) is 5.09. The number of aromatic nitrogens is 2. The van der Waals surface area contributed by atoms with E-state index in [4.69, 9.17) is 9.47 Å². The summed E-state index contributed by atoms with van der Waals surface area (Å²) < 4.78 is 24.3. The van der Waals surface area contributed by atoms with Crippen LogP contribution in [-0.2, 0) is 24.5 Å². The van der Waals surface area contributed by atoms with E-state index in [0.717, 1.165) is 16.3 Å². The summed E-state index contributed by atoms with van der Waals surface area (Å²) in [6.45, 7) is 2.90. The van der Waals surface area contributed by atoms with Crippen molar-refractivity contribution < 1.29 is 18.7 Å². The molecule has 0 radical (unpaired) electrons. The summed E-state index contributed by atoms with van der Waals surface area (Å²) in [5, 5.41) is 2.91. The minimum absolute atomic E-state index is 0.0341. The smallest absolute Gasteiger partial charge is 0.261 e. The third-order valence-electron chi connectivity index (χ3n) is 4.27. The van der Waals surface area contributed by atoms with Crippen LogP contribution in [0.4, 0.5) is 4.39 Å². The topological polar surface area (TPSA) is 64.6 Å². The number of thiazole rings is 1. The fourth-order valence-electron chi connectivity index (χ4n) is 2.85. The van der Waals surface area contributed by atoms with Gasteiger partial charge in [-0.3, -0.25) is 4.79 Å². The molecule has 2 aromatic heterocycles. The Hall–Kier alpha value is -3.00. The lowest BCUT2D eigenvalue weighted by molar-refractivity contribution is -0.133. The Morgan fingerprint density at radius 1 is 1.21 bits per heavy atom. The molecule has 0 saturated heterocycles. The van der Waals surface area contributed by atoms with E-state index >= 15 is 0 Å². The molecule has 3 aromatic rings. The quantitative estimate of drug-likeness (QED) is 0.657. The minimum Gasteiger partial charge on any atom is -0.482 e. The predicted molar refractivity (Wildman–Crippen MR) is 102 cm³/mol. The summed E-state index contributed by atoms with van der Waals surface area (Å²) >= 11 is 1.55. The van der Waals surface area contributed by atoms with Crippen LogP contribution in [0.2, 0.25) is 0 Å². The molecule has 0 atom stereocenters. The zero-order chi connectivity index (χ0) is 19.5. The van der Waals surface area contributed by atoms with Crippen molar-refractivity contribution in [3.8, 4) is 11.6 Å². The van der Waals surface area contributed by atoms with Crippen LogP contribution in [0.25, 0.3) is 0 Å². The maximum Gasteiger partial charge on any atom is 0.261 e. The van der Waals surface area contributed by atoms with E-state index in [-0.39, 0.29) is 24.9 Å². The Morgan fingerprint density at radius 2 is 2.04 bits per heavy atom. The molecule has 4 rings (SSSR count). The molecule has 0 bridgehead atoms. The second-order valence-electron chi connectivity index (χ2n) is 6.41. The second kappa shape index (κ2) is 7.93. The van der Waals surface area contributed by atoms with Crippen molar-refractivity contribution in [2.75, 3.05) is 6.61 Å². The fourth-order valence-corrected chi connectivity index (χ4v) is 3.46. The molecule has 1 aliphatic rings. The van der Waals surface area contributed by atoms with Gasteiger partial charge >= 0.3 is 0 Å². The number of rotatable bonds is 5. The van der Waals surface area contributed by atoms with E-state index in [0.29, 0.717) is 30.4 Å². The molecule has 6 nitrogen and oxygen atoms in total. The monoisotopic (exact) mass is 399 g/mol. The molecule has 8 heteroatoms. The molecule has 3 heterocycles. The number of nitrogens with zero attached hydrogens (tertiary/aromatic N) is 3. The van der Waals surface area contributed by atoms with Gasteiger partial charge in [-0.05, 0) is 30.7 Å². The van der Waals surface area contributed by atoms with Crippen molar-refractivity contribution in [2.24, 2.45) is 0 Å². The maximum atomic E-state index is 13.0. The van der Waals surface area contributed by atoms with Crippen molar-refractivity contribution in [3.05, 3.63) is 69.6 Å². The van der Waals surface area contributed by atoms with Crippen LogP contribution < -0.4 is 9.47 Å². The number of benzene rings is 1. The summed E-state index contributed by atoms with van der Waals surface area (Å²) in [4.78, 5) is 23.0. The van der Waals surface area contributed by atoms with Crippen LogP contribution in [0.5, 0.6) is 11.6 Å². The molecule has 0 saturated carbocycles. The highest BCUT2D eigenvalue weighted by Gasteiger charge is 2.24. The van der Waals surface area contributed by atoms with Gasteiger partial charge in [-0.2, -0.15) is 0 Å². The van der Waals surface area contributed by atoms with Crippen LogP contribution in [0.15, 0.2) is 41.8 Å². The molecule has 1 amide bonds. The summed E-state index contributed by atoms with van der Waals surface area (Å²) in [5.41, 5.74) is 2.32. The number of carbonyl (C=O) groups excluding carboxylic acids is 1. The van der Waals surface area contributed by atoms with Crippen molar-refractivity contribution >= 4 is 17.2 Å². The van der Waals surface area contributed by atoms with E-state index in [1.165, 1.54) is 12.1 Å². The first-order valence-corrected chi connectivity index (χ1v) is 9.63. The number of ether oxygens (including phenoxy) is 2. The predicted octanol–water partition coefficient (Wildman–Crippen LogP) is 3.49. The largest absolute Gasteiger partial charge is 0.482 e. The molecular formula is C20H18FN3O3S. The van der Waals surface area contributed by atoms with Gasteiger partial charge < -0.3 is 14.4 Å². The van der Waals surface area contributed by atoms with E-state index in [1.54, 1.807) is 40.5 Å². The Morgan fingerprint density at radius 3 is 2.79 bits per heavy atom. The van der Waals surface area contributed by atoms with Crippen LogP contribution in [0, 0.1) is 12.7 Å². The first-order chi connectivity index (χ1) is 13.6. The van der Waals surface area contributed by atoms with Gasteiger partial charge in [-0.1, -0.05) is 12.1 Å². The first kappa shape index (κ1) is 18.4. The van der Waals surface area contributed by atoms with Gasteiger partial charge in [0.25, 0.3) is 5.91 Å². The lowest BCUT2D eigenvalue weighted by Crippen LogP contribution is -2.32. The summed E-state index contributed by atoms with van der Waals surface area (Å²) in [5.74, 6) is 0.589. The summed E-state index contributed by atoms with van der Waals surface area (Å²) in [7, 11) is 0. The van der Waals surface area contributed by atoms with Gasteiger partial charge in [0.05, 0.1) is 23.8 Å². The van der Waals surface area contributed by atoms with E-state index < -0.39 is 0 Å². The highest BCUT2D eigenvalue weighted by molar-refractivity contribution is 7.09. The first-order valence-electron chi connectivity index (χ1n) is 8.75. The molecule has 28 heavy (non-hydrogen) atoms. The minimum atomic E-state index is -0.288.